The molecule has 0 aliphatic rings. The zero-order valence-electron chi connectivity index (χ0n) is 10.6. The molecule has 4 nitrogen and oxygen atoms in total. The Kier molecular flexibility index (Phi) is 6.08. The summed E-state index contributed by atoms with van der Waals surface area (Å²) in [4.78, 5) is 0. The van der Waals surface area contributed by atoms with Gasteiger partial charge >= 0.3 is 0 Å². The summed E-state index contributed by atoms with van der Waals surface area (Å²) in [7, 11) is 0. The maximum atomic E-state index is 5.55. The molecule has 1 rings (SSSR count). The Labute approximate surface area is 97.8 Å². The van der Waals surface area contributed by atoms with Crippen LogP contribution in [0.4, 0.5) is 0 Å². The number of nitrogens with zero attached hydrogens (tertiary/aromatic N) is 2. The first kappa shape index (κ1) is 13.2. The van der Waals surface area contributed by atoms with Gasteiger partial charge in [-0.2, -0.15) is 0 Å². The third-order valence-electron chi connectivity index (χ3n) is 2.39. The minimum atomic E-state index is 0.506. The van der Waals surface area contributed by atoms with Crippen molar-refractivity contribution in [1.29, 1.82) is 0 Å². The van der Waals surface area contributed by atoms with Gasteiger partial charge in [-0.1, -0.05) is 33.6 Å². The van der Waals surface area contributed by atoms with E-state index < -0.39 is 0 Å². The average molecular weight is 225 g/mol. The SMILES string of the molecule is CCCCCc1nnc(CCNC(C)C)o1. The van der Waals surface area contributed by atoms with E-state index in [0.717, 1.165) is 37.6 Å². The van der Waals surface area contributed by atoms with Crippen molar-refractivity contribution in [2.75, 3.05) is 6.54 Å². The van der Waals surface area contributed by atoms with Gasteiger partial charge in [0.25, 0.3) is 0 Å². The van der Waals surface area contributed by atoms with E-state index in [0.29, 0.717) is 6.04 Å². The summed E-state index contributed by atoms with van der Waals surface area (Å²) in [6.45, 7) is 7.35. The molecule has 4 heteroatoms. The third kappa shape index (κ3) is 5.26. The van der Waals surface area contributed by atoms with Gasteiger partial charge < -0.3 is 9.73 Å². The molecule has 0 aromatic carbocycles. The van der Waals surface area contributed by atoms with Crippen LogP contribution in [0.2, 0.25) is 0 Å². The van der Waals surface area contributed by atoms with Gasteiger partial charge in [0.2, 0.25) is 11.8 Å². The molecular weight excluding hydrogens is 202 g/mol. The minimum absolute atomic E-state index is 0.506. The maximum Gasteiger partial charge on any atom is 0.217 e. The second-order valence-electron chi connectivity index (χ2n) is 4.41. The molecule has 0 unspecified atom stereocenters. The molecule has 0 saturated carbocycles. The van der Waals surface area contributed by atoms with Crippen LogP contribution < -0.4 is 5.32 Å². The topological polar surface area (TPSA) is 51.0 Å². The molecule has 0 saturated heterocycles. The van der Waals surface area contributed by atoms with Crippen molar-refractivity contribution in [1.82, 2.24) is 15.5 Å². The van der Waals surface area contributed by atoms with E-state index in [4.69, 9.17) is 4.42 Å². The van der Waals surface area contributed by atoms with Crippen LogP contribution in [0.1, 0.15) is 51.8 Å². The van der Waals surface area contributed by atoms with Crippen molar-refractivity contribution in [3.05, 3.63) is 11.8 Å². The monoisotopic (exact) mass is 225 g/mol. The lowest BCUT2D eigenvalue weighted by Crippen LogP contribution is -2.25. The van der Waals surface area contributed by atoms with Gasteiger partial charge in [-0.05, 0) is 6.42 Å². The van der Waals surface area contributed by atoms with Crippen molar-refractivity contribution < 1.29 is 4.42 Å². The van der Waals surface area contributed by atoms with Crippen LogP contribution in [0.15, 0.2) is 4.42 Å². The van der Waals surface area contributed by atoms with Gasteiger partial charge in [0.1, 0.15) is 0 Å². The van der Waals surface area contributed by atoms with E-state index in [9.17, 15) is 0 Å². The summed E-state index contributed by atoms with van der Waals surface area (Å²) in [6.07, 6.45) is 5.33. The zero-order chi connectivity index (χ0) is 11.8. The molecule has 1 heterocycles. The fourth-order valence-electron chi connectivity index (χ4n) is 1.48. The highest BCUT2D eigenvalue weighted by Gasteiger charge is 2.05. The van der Waals surface area contributed by atoms with E-state index in [1.165, 1.54) is 12.8 Å². The highest BCUT2D eigenvalue weighted by molar-refractivity contribution is 4.83. The van der Waals surface area contributed by atoms with Gasteiger partial charge in [0.05, 0.1) is 0 Å². The molecule has 0 aliphatic carbocycles. The van der Waals surface area contributed by atoms with Crippen molar-refractivity contribution in [3.8, 4) is 0 Å². The Morgan fingerprint density at radius 2 is 1.81 bits per heavy atom. The molecule has 92 valence electrons. The van der Waals surface area contributed by atoms with Gasteiger partial charge in [-0.3, -0.25) is 0 Å². The maximum absolute atomic E-state index is 5.55. The molecule has 0 fully saturated rings. The predicted molar refractivity (Wildman–Crippen MR) is 64.4 cm³/mol. The highest BCUT2D eigenvalue weighted by atomic mass is 16.4. The van der Waals surface area contributed by atoms with Crippen molar-refractivity contribution >= 4 is 0 Å². The molecule has 1 aromatic heterocycles. The Hall–Kier alpha value is -0.900. The Bertz CT molecular complexity index is 284. The largest absolute Gasteiger partial charge is 0.425 e. The quantitative estimate of drug-likeness (QED) is 0.690. The number of rotatable bonds is 8. The van der Waals surface area contributed by atoms with Gasteiger partial charge in [0.15, 0.2) is 0 Å². The molecule has 16 heavy (non-hydrogen) atoms. The molecule has 0 radical (unpaired) electrons. The summed E-state index contributed by atoms with van der Waals surface area (Å²) in [6, 6.07) is 0.506. The fourth-order valence-corrected chi connectivity index (χ4v) is 1.48. The highest BCUT2D eigenvalue weighted by Crippen LogP contribution is 2.06. The second kappa shape index (κ2) is 7.39. The van der Waals surface area contributed by atoms with Crippen molar-refractivity contribution in [2.24, 2.45) is 0 Å². The normalized spacial score (nSPS) is 11.2. The van der Waals surface area contributed by atoms with Crippen LogP contribution in [0.5, 0.6) is 0 Å². The fraction of sp³-hybridized carbons (Fsp3) is 0.833. The van der Waals surface area contributed by atoms with E-state index in [2.05, 4.69) is 36.3 Å². The lowest BCUT2D eigenvalue weighted by atomic mass is 10.2. The first-order chi connectivity index (χ1) is 7.72. The summed E-state index contributed by atoms with van der Waals surface area (Å²) in [5, 5.41) is 11.4. The first-order valence-electron chi connectivity index (χ1n) is 6.27. The second-order valence-corrected chi connectivity index (χ2v) is 4.41. The minimum Gasteiger partial charge on any atom is -0.425 e. The molecular formula is C12H23N3O. The van der Waals surface area contributed by atoms with Crippen LogP contribution >= 0.6 is 0 Å². The Morgan fingerprint density at radius 1 is 1.12 bits per heavy atom. The number of hydrogen-bond donors (Lipinski definition) is 1. The number of aromatic nitrogens is 2. The van der Waals surface area contributed by atoms with Crippen LogP contribution in [-0.2, 0) is 12.8 Å². The van der Waals surface area contributed by atoms with Gasteiger partial charge in [-0.15, -0.1) is 10.2 Å². The number of aryl methyl sites for hydroxylation is 1. The smallest absolute Gasteiger partial charge is 0.217 e. The standard InChI is InChI=1S/C12H23N3O/c1-4-5-6-7-11-14-15-12(16-11)8-9-13-10(2)3/h10,13H,4-9H2,1-3H3. The van der Waals surface area contributed by atoms with Gasteiger partial charge in [-0.25, -0.2) is 0 Å². The molecule has 0 bridgehead atoms. The van der Waals surface area contributed by atoms with E-state index in [1.54, 1.807) is 0 Å². The van der Waals surface area contributed by atoms with E-state index in [1.807, 2.05) is 0 Å². The molecule has 0 spiro atoms. The Balaban J connectivity index is 2.22. The van der Waals surface area contributed by atoms with Gasteiger partial charge in [0, 0.05) is 25.4 Å². The third-order valence-corrected chi connectivity index (χ3v) is 2.39. The van der Waals surface area contributed by atoms with Crippen molar-refractivity contribution in [3.63, 3.8) is 0 Å². The number of nitrogens with one attached hydrogen (secondary N) is 1. The van der Waals surface area contributed by atoms with Crippen LogP contribution in [0.3, 0.4) is 0 Å². The molecule has 0 amide bonds. The molecule has 0 atom stereocenters. The van der Waals surface area contributed by atoms with Crippen LogP contribution in [-0.4, -0.2) is 22.8 Å². The predicted octanol–water partition coefficient (Wildman–Crippen LogP) is 2.34. The zero-order valence-corrected chi connectivity index (χ0v) is 10.6. The molecule has 0 aliphatic heterocycles. The summed E-state index contributed by atoms with van der Waals surface area (Å²) in [5.41, 5.74) is 0. The lowest BCUT2D eigenvalue weighted by Gasteiger charge is -2.04. The van der Waals surface area contributed by atoms with Crippen LogP contribution in [0.25, 0.3) is 0 Å². The van der Waals surface area contributed by atoms with E-state index in [-0.39, 0.29) is 0 Å². The number of hydrogen-bond acceptors (Lipinski definition) is 4. The number of unbranched alkanes of at least 4 members (excludes halogenated alkanes) is 2. The lowest BCUT2D eigenvalue weighted by molar-refractivity contribution is 0.433. The van der Waals surface area contributed by atoms with E-state index >= 15 is 0 Å². The first-order valence-corrected chi connectivity index (χ1v) is 6.27. The summed E-state index contributed by atoms with van der Waals surface area (Å²) in [5.74, 6) is 1.53. The molecule has 1 aromatic rings. The summed E-state index contributed by atoms with van der Waals surface area (Å²) < 4.78 is 5.55. The Morgan fingerprint density at radius 3 is 2.44 bits per heavy atom. The average Bonchev–Trinajstić information content (AvgIpc) is 2.66. The summed E-state index contributed by atoms with van der Waals surface area (Å²) >= 11 is 0. The van der Waals surface area contributed by atoms with Crippen LogP contribution in [0, 0.1) is 0 Å². The molecule has 1 N–H and O–H groups in total. The van der Waals surface area contributed by atoms with Crippen molar-refractivity contribution in [2.45, 2.75) is 58.9 Å².